The van der Waals surface area contributed by atoms with Crippen molar-refractivity contribution in [3.63, 3.8) is 0 Å². The predicted octanol–water partition coefficient (Wildman–Crippen LogP) is 3.31. The average molecular weight is 363 g/mol. The average Bonchev–Trinajstić information content (AvgIpc) is 3.03. The summed E-state index contributed by atoms with van der Waals surface area (Å²) >= 11 is 0. The fourth-order valence-corrected chi connectivity index (χ4v) is 3.13. The smallest absolute Gasteiger partial charge is 0.245 e. The molecule has 0 bridgehead atoms. The molecule has 1 unspecified atom stereocenters. The molecule has 0 aromatic heterocycles. The van der Waals surface area contributed by atoms with E-state index in [-0.39, 0.29) is 24.2 Å². The highest BCUT2D eigenvalue weighted by Gasteiger charge is 2.34. The van der Waals surface area contributed by atoms with Crippen molar-refractivity contribution in [2.24, 2.45) is 11.0 Å². The lowest BCUT2D eigenvalue weighted by atomic mass is 10.0. The third-order valence-electron chi connectivity index (χ3n) is 4.79. The lowest BCUT2D eigenvalue weighted by Gasteiger charge is -2.16. The quantitative estimate of drug-likeness (QED) is 0.632. The van der Waals surface area contributed by atoms with Crippen molar-refractivity contribution in [3.8, 4) is 0 Å². The third-order valence-corrected chi connectivity index (χ3v) is 4.79. The second-order valence-electron chi connectivity index (χ2n) is 7.22. The van der Waals surface area contributed by atoms with Crippen molar-refractivity contribution in [1.29, 1.82) is 0 Å². The number of nitrogens with zero attached hydrogens (tertiary/aromatic N) is 2. The number of nitrogens with one attached hydrogen (secondary N) is 1. The Morgan fingerprint density at radius 1 is 1.19 bits per heavy atom. The number of carbonyl (C=O) groups is 2. The highest BCUT2D eigenvalue weighted by molar-refractivity contribution is 5.90. The van der Waals surface area contributed by atoms with Gasteiger partial charge in [0.2, 0.25) is 11.8 Å². The van der Waals surface area contributed by atoms with Gasteiger partial charge in [0.25, 0.3) is 0 Å². The van der Waals surface area contributed by atoms with E-state index in [1.54, 1.807) is 11.1 Å². The summed E-state index contributed by atoms with van der Waals surface area (Å²) in [6, 6.07) is 17.9. The van der Waals surface area contributed by atoms with E-state index < -0.39 is 0 Å². The van der Waals surface area contributed by atoms with E-state index in [0.717, 1.165) is 11.1 Å². The number of benzene rings is 2. The van der Waals surface area contributed by atoms with Gasteiger partial charge in [-0.1, -0.05) is 68.4 Å². The lowest BCUT2D eigenvalue weighted by Crippen LogP contribution is -2.30. The van der Waals surface area contributed by atoms with Crippen LogP contribution in [0.2, 0.25) is 0 Å². The van der Waals surface area contributed by atoms with Crippen LogP contribution in [0.25, 0.3) is 0 Å². The van der Waals surface area contributed by atoms with Crippen molar-refractivity contribution in [1.82, 2.24) is 10.3 Å². The molecule has 1 heterocycles. The first-order valence-electron chi connectivity index (χ1n) is 9.27. The molecule has 1 aliphatic rings. The maximum absolute atomic E-state index is 12.3. The number of carbonyl (C=O) groups excluding carboxylic acids is 2. The molecule has 27 heavy (non-hydrogen) atoms. The lowest BCUT2D eigenvalue weighted by molar-refractivity contribution is -0.129. The Morgan fingerprint density at radius 2 is 1.89 bits per heavy atom. The van der Waals surface area contributed by atoms with Gasteiger partial charge in [0.05, 0.1) is 12.1 Å². The Bertz CT molecular complexity index is 813. The first-order chi connectivity index (χ1) is 13.0. The summed E-state index contributed by atoms with van der Waals surface area (Å²) in [6.45, 7) is 5.26. The molecule has 2 aromatic rings. The molecule has 140 valence electrons. The Balaban J connectivity index is 1.51. The fourth-order valence-electron chi connectivity index (χ4n) is 3.13. The number of hydrazone groups is 1. The van der Waals surface area contributed by atoms with E-state index in [0.29, 0.717) is 19.0 Å². The Hall–Kier alpha value is -2.95. The van der Waals surface area contributed by atoms with Crippen molar-refractivity contribution in [2.45, 2.75) is 32.7 Å². The number of rotatable bonds is 6. The molecule has 1 fully saturated rings. The van der Waals surface area contributed by atoms with Crippen LogP contribution in [0.5, 0.6) is 0 Å². The molecule has 3 rings (SSSR count). The molecular formula is C22H25N3O2. The summed E-state index contributed by atoms with van der Waals surface area (Å²) in [4.78, 5) is 26.2. The zero-order valence-electron chi connectivity index (χ0n) is 15.8. The molecule has 2 aromatic carbocycles. The minimum absolute atomic E-state index is 0.00672. The van der Waals surface area contributed by atoms with E-state index >= 15 is 0 Å². The highest BCUT2D eigenvalue weighted by atomic mass is 16.2. The summed E-state index contributed by atoms with van der Waals surface area (Å²) in [7, 11) is 0. The number of likely N-dealkylation sites (tertiary alicyclic amines) is 1. The standard InChI is InChI=1S/C22H25N3O2/c1-16(2)19-10-8-17(9-11-19)13-23-24-22(27)20-12-21(26)25(15-20)14-18-6-4-3-5-7-18/h3-11,13,16,20H,12,14-15H2,1-2H3,(H,24,27)/b23-13+. The summed E-state index contributed by atoms with van der Waals surface area (Å²) in [5, 5.41) is 4.04. The third kappa shape index (κ3) is 5.03. The Morgan fingerprint density at radius 3 is 2.56 bits per heavy atom. The Labute approximate surface area is 160 Å². The zero-order chi connectivity index (χ0) is 19.2. The normalized spacial score (nSPS) is 17.1. The van der Waals surface area contributed by atoms with Crippen LogP contribution in [0.4, 0.5) is 0 Å². The number of hydrogen-bond donors (Lipinski definition) is 1. The van der Waals surface area contributed by atoms with Crippen LogP contribution < -0.4 is 5.43 Å². The first-order valence-corrected chi connectivity index (χ1v) is 9.27. The van der Waals surface area contributed by atoms with Crippen LogP contribution in [-0.2, 0) is 16.1 Å². The van der Waals surface area contributed by atoms with Gasteiger partial charge in [-0.2, -0.15) is 5.10 Å². The van der Waals surface area contributed by atoms with E-state index in [2.05, 4.69) is 36.5 Å². The molecule has 0 radical (unpaired) electrons. The van der Waals surface area contributed by atoms with Crippen molar-refractivity contribution in [2.75, 3.05) is 6.54 Å². The second-order valence-corrected chi connectivity index (χ2v) is 7.22. The van der Waals surface area contributed by atoms with Crippen LogP contribution >= 0.6 is 0 Å². The van der Waals surface area contributed by atoms with Gasteiger partial charge in [-0.15, -0.1) is 0 Å². The molecule has 0 spiro atoms. The monoisotopic (exact) mass is 363 g/mol. The summed E-state index contributed by atoms with van der Waals surface area (Å²) < 4.78 is 0. The summed E-state index contributed by atoms with van der Waals surface area (Å²) in [5.74, 6) is -0.0858. The minimum Gasteiger partial charge on any atom is -0.338 e. The van der Waals surface area contributed by atoms with Crippen LogP contribution in [-0.4, -0.2) is 29.5 Å². The topological polar surface area (TPSA) is 61.8 Å². The molecule has 1 saturated heterocycles. The molecule has 1 aliphatic heterocycles. The molecule has 5 heteroatoms. The number of hydrogen-bond acceptors (Lipinski definition) is 3. The Kier molecular flexibility index (Phi) is 6.01. The van der Waals surface area contributed by atoms with E-state index in [9.17, 15) is 9.59 Å². The molecule has 0 aliphatic carbocycles. The van der Waals surface area contributed by atoms with Gasteiger partial charge in [-0.05, 0) is 22.6 Å². The minimum atomic E-state index is -0.360. The van der Waals surface area contributed by atoms with Crippen molar-refractivity contribution >= 4 is 18.0 Å². The van der Waals surface area contributed by atoms with Gasteiger partial charge in [-0.25, -0.2) is 5.43 Å². The molecule has 1 atom stereocenters. The molecule has 5 nitrogen and oxygen atoms in total. The fraction of sp³-hybridized carbons (Fsp3) is 0.318. The molecule has 1 N–H and O–H groups in total. The SMILES string of the molecule is CC(C)c1ccc(/C=N/NC(=O)C2CC(=O)N(Cc3ccccc3)C2)cc1. The maximum atomic E-state index is 12.3. The highest BCUT2D eigenvalue weighted by Crippen LogP contribution is 2.20. The maximum Gasteiger partial charge on any atom is 0.245 e. The van der Waals surface area contributed by atoms with E-state index in [4.69, 9.17) is 0 Å². The van der Waals surface area contributed by atoms with Crippen LogP contribution in [0, 0.1) is 5.92 Å². The number of amides is 2. The van der Waals surface area contributed by atoms with Gasteiger partial charge in [0, 0.05) is 19.5 Å². The molecular weight excluding hydrogens is 338 g/mol. The van der Waals surface area contributed by atoms with Crippen LogP contribution in [0.3, 0.4) is 0 Å². The zero-order valence-corrected chi connectivity index (χ0v) is 15.8. The van der Waals surface area contributed by atoms with Crippen molar-refractivity contribution in [3.05, 3.63) is 71.3 Å². The van der Waals surface area contributed by atoms with E-state index in [1.807, 2.05) is 42.5 Å². The van der Waals surface area contributed by atoms with Crippen molar-refractivity contribution < 1.29 is 9.59 Å². The first kappa shape index (κ1) is 18.8. The summed E-state index contributed by atoms with van der Waals surface area (Å²) in [5.41, 5.74) is 5.82. The van der Waals surface area contributed by atoms with Crippen LogP contribution in [0.1, 0.15) is 42.9 Å². The molecule has 2 amide bonds. The van der Waals surface area contributed by atoms with Gasteiger partial charge < -0.3 is 4.90 Å². The largest absolute Gasteiger partial charge is 0.338 e. The predicted molar refractivity (Wildman–Crippen MR) is 106 cm³/mol. The van der Waals surface area contributed by atoms with Gasteiger partial charge >= 0.3 is 0 Å². The van der Waals surface area contributed by atoms with E-state index in [1.165, 1.54) is 5.56 Å². The van der Waals surface area contributed by atoms with Gasteiger partial charge in [0.1, 0.15) is 0 Å². The van der Waals surface area contributed by atoms with Gasteiger partial charge in [0.15, 0.2) is 0 Å². The summed E-state index contributed by atoms with van der Waals surface area (Å²) in [6.07, 6.45) is 1.86. The van der Waals surface area contributed by atoms with Crippen LogP contribution in [0.15, 0.2) is 59.7 Å². The van der Waals surface area contributed by atoms with Gasteiger partial charge in [-0.3, -0.25) is 9.59 Å². The molecule has 0 saturated carbocycles. The second kappa shape index (κ2) is 8.62.